The molecule has 23 heavy (non-hydrogen) atoms. The zero-order valence-corrected chi connectivity index (χ0v) is 13.5. The maximum absolute atomic E-state index is 9.35. The second-order valence-corrected chi connectivity index (χ2v) is 5.88. The van der Waals surface area contributed by atoms with E-state index in [1.165, 1.54) is 6.42 Å². The lowest BCUT2D eigenvalue weighted by Crippen LogP contribution is -2.25. The van der Waals surface area contributed by atoms with E-state index in [0.717, 1.165) is 35.4 Å². The van der Waals surface area contributed by atoms with Crippen LogP contribution in [0.15, 0.2) is 24.3 Å². The molecule has 0 unspecified atom stereocenters. The number of nitrogens with one attached hydrogen (secondary N) is 1. The first-order valence-corrected chi connectivity index (χ1v) is 7.91. The molecule has 0 radical (unpaired) electrons. The summed E-state index contributed by atoms with van der Waals surface area (Å²) in [5.41, 5.74) is 3.25. The fourth-order valence-corrected chi connectivity index (χ4v) is 2.48. The molecule has 5 nitrogen and oxygen atoms in total. The lowest BCUT2D eigenvalue weighted by Gasteiger charge is -2.27. The van der Waals surface area contributed by atoms with Gasteiger partial charge in [-0.3, -0.25) is 0 Å². The van der Waals surface area contributed by atoms with Crippen molar-refractivity contribution in [3.8, 4) is 11.8 Å². The Bertz CT molecular complexity index is 747. The Balaban J connectivity index is 1.76. The van der Waals surface area contributed by atoms with E-state index in [-0.39, 0.29) is 0 Å². The molecular formula is C18H20N4O. The SMILES string of the molecule is Cc1nnc(NCc2ccccc2OC2CCC2)c(C#N)c1C. The zero-order chi connectivity index (χ0) is 16.2. The smallest absolute Gasteiger partial charge is 0.167 e. The van der Waals surface area contributed by atoms with Crippen molar-refractivity contribution in [1.82, 2.24) is 10.2 Å². The molecule has 1 N–H and O–H groups in total. The van der Waals surface area contributed by atoms with Gasteiger partial charge in [0.1, 0.15) is 17.4 Å². The Labute approximate surface area is 136 Å². The van der Waals surface area contributed by atoms with Crippen LogP contribution in [0.1, 0.15) is 41.6 Å². The second-order valence-electron chi connectivity index (χ2n) is 5.88. The summed E-state index contributed by atoms with van der Waals surface area (Å²) in [6.07, 6.45) is 3.84. The van der Waals surface area contributed by atoms with Crippen LogP contribution in [0, 0.1) is 25.2 Å². The van der Waals surface area contributed by atoms with Gasteiger partial charge in [0.15, 0.2) is 5.82 Å². The number of benzene rings is 1. The minimum absolute atomic E-state index is 0.340. The van der Waals surface area contributed by atoms with Crippen LogP contribution in [0.4, 0.5) is 5.82 Å². The minimum Gasteiger partial charge on any atom is -0.490 e. The molecule has 2 aromatic rings. The molecule has 0 saturated heterocycles. The van der Waals surface area contributed by atoms with E-state index in [1.807, 2.05) is 38.1 Å². The summed E-state index contributed by atoms with van der Waals surface area (Å²) < 4.78 is 6.03. The van der Waals surface area contributed by atoms with Gasteiger partial charge in [-0.05, 0) is 44.7 Å². The fraction of sp³-hybridized carbons (Fsp3) is 0.389. The highest BCUT2D eigenvalue weighted by atomic mass is 16.5. The summed E-state index contributed by atoms with van der Waals surface area (Å²) in [5.74, 6) is 1.43. The van der Waals surface area contributed by atoms with E-state index in [1.54, 1.807) is 0 Å². The number of hydrogen-bond acceptors (Lipinski definition) is 5. The lowest BCUT2D eigenvalue weighted by atomic mass is 9.96. The quantitative estimate of drug-likeness (QED) is 0.915. The van der Waals surface area contributed by atoms with E-state index in [2.05, 4.69) is 21.6 Å². The standard InChI is InChI=1S/C18H20N4O/c1-12-13(2)21-22-18(16(12)10-19)20-11-14-6-3-4-9-17(14)23-15-7-5-8-15/h3-4,6,9,15H,5,7-8,11H2,1-2H3,(H,20,22). The zero-order valence-electron chi connectivity index (χ0n) is 13.5. The first kappa shape index (κ1) is 15.3. The van der Waals surface area contributed by atoms with E-state index in [0.29, 0.717) is 24.0 Å². The van der Waals surface area contributed by atoms with E-state index < -0.39 is 0 Å². The highest BCUT2D eigenvalue weighted by Gasteiger charge is 2.20. The number of aromatic nitrogens is 2. The van der Waals surface area contributed by atoms with E-state index in [4.69, 9.17) is 4.74 Å². The molecular weight excluding hydrogens is 288 g/mol. The third-order valence-electron chi connectivity index (χ3n) is 4.33. The van der Waals surface area contributed by atoms with Gasteiger partial charge in [0.2, 0.25) is 0 Å². The van der Waals surface area contributed by atoms with Crippen molar-refractivity contribution in [3.05, 3.63) is 46.6 Å². The molecule has 118 valence electrons. The highest BCUT2D eigenvalue weighted by molar-refractivity contribution is 5.56. The summed E-state index contributed by atoms with van der Waals surface area (Å²) >= 11 is 0. The second kappa shape index (κ2) is 6.66. The molecule has 1 aliphatic carbocycles. The van der Waals surface area contributed by atoms with Crippen LogP contribution in [-0.4, -0.2) is 16.3 Å². The first-order chi connectivity index (χ1) is 11.2. The summed E-state index contributed by atoms with van der Waals surface area (Å²) in [6.45, 7) is 4.30. The molecule has 1 fully saturated rings. The van der Waals surface area contributed by atoms with Crippen molar-refractivity contribution in [2.24, 2.45) is 0 Å². The Kier molecular flexibility index (Phi) is 4.42. The summed E-state index contributed by atoms with van der Waals surface area (Å²) in [5, 5.41) is 20.8. The van der Waals surface area contributed by atoms with Gasteiger partial charge in [-0.25, -0.2) is 0 Å². The number of nitriles is 1. The average Bonchev–Trinajstić information content (AvgIpc) is 2.53. The van der Waals surface area contributed by atoms with Gasteiger partial charge in [0, 0.05) is 12.1 Å². The van der Waals surface area contributed by atoms with Crippen molar-refractivity contribution < 1.29 is 4.74 Å². The number of para-hydroxylation sites is 1. The minimum atomic E-state index is 0.340. The number of nitrogens with zero attached hydrogens (tertiary/aromatic N) is 3. The average molecular weight is 308 g/mol. The van der Waals surface area contributed by atoms with Gasteiger partial charge in [-0.2, -0.15) is 10.4 Å². The molecule has 0 atom stereocenters. The Morgan fingerprint density at radius 1 is 1.26 bits per heavy atom. The summed E-state index contributed by atoms with van der Waals surface area (Å²) in [4.78, 5) is 0. The van der Waals surface area contributed by atoms with Gasteiger partial charge in [0.25, 0.3) is 0 Å². The van der Waals surface area contributed by atoms with Crippen LogP contribution >= 0.6 is 0 Å². The largest absolute Gasteiger partial charge is 0.490 e. The number of anilines is 1. The molecule has 0 amide bonds. The predicted octanol–water partition coefficient (Wildman–Crippen LogP) is 3.51. The Morgan fingerprint density at radius 2 is 2.04 bits per heavy atom. The number of aryl methyl sites for hydroxylation is 1. The molecule has 1 heterocycles. The molecule has 0 spiro atoms. The van der Waals surface area contributed by atoms with Crippen molar-refractivity contribution in [1.29, 1.82) is 5.26 Å². The molecule has 3 rings (SSSR count). The van der Waals surface area contributed by atoms with E-state index >= 15 is 0 Å². The number of hydrogen-bond donors (Lipinski definition) is 1. The maximum atomic E-state index is 9.35. The molecule has 1 aromatic carbocycles. The van der Waals surface area contributed by atoms with Crippen molar-refractivity contribution in [2.75, 3.05) is 5.32 Å². The molecule has 0 bridgehead atoms. The van der Waals surface area contributed by atoms with Gasteiger partial charge in [-0.15, -0.1) is 5.10 Å². The summed E-state index contributed by atoms with van der Waals surface area (Å²) in [7, 11) is 0. The topological polar surface area (TPSA) is 70.8 Å². The maximum Gasteiger partial charge on any atom is 0.167 e. The van der Waals surface area contributed by atoms with Gasteiger partial charge >= 0.3 is 0 Å². The Hall–Kier alpha value is -2.61. The normalized spacial score (nSPS) is 14.0. The summed E-state index contributed by atoms with van der Waals surface area (Å²) in [6, 6.07) is 10.2. The number of rotatable bonds is 5. The molecule has 1 aromatic heterocycles. The van der Waals surface area contributed by atoms with Crippen molar-refractivity contribution in [3.63, 3.8) is 0 Å². The molecule has 5 heteroatoms. The third kappa shape index (κ3) is 3.26. The van der Waals surface area contributed by atoms with E-state index in [9.17, 15) is 5.26 Å². The fourth-order valence-electron chi connectivity index (χ4n) is 2.48. The van der Waals surface area contributed by atoms with Crippen LogP contribution in [0.25, 0.3) is 0 Å². The monoisotopic (exact) mass is 308 g/mol. The van der Waals surface area contributed by atoms with Gasteiger partial charge < -0.3 is 10.1 Å². The van der Waals surface area contributed by atoms with Crippen LogP contribution in [0.3, 0.4) is 0 Å². The number of ether oxygens (including phenoxy) is 1. The Morgan fingerprint density at radius 3 is 2.74 bits per heavy atom. The van der Waals surface area contributed by atoms with Crippen LogP contribution in [0.2, 0.25) is 0 Å². The van der Waals surface area contributed by atoms with Crippen LogP contribution in [-0.2, 0) is 6.54 Å². The van der Waals surface area contributed by atoms with Gasteiger partial charge in [-0.1, -0.05) is 18.2 Å². The van der Waals surface area contributed by atoms with Crippen molar-refractivity contribution in [2.45, 2.75) is 45.8 Å². The molecule has 0 aliphatic heterocycles. The predicted molar refractivity (Wildman–Crippen MR) is 88.3 cm³/mol. The van der Waals surface area contributed by atoms with Crippen molar-refractivity contribution >= 4 is 5.82 Å². The highest BCUT2D eigenvalue weighted by Crippen LogP contribution is 2.28. The molecule has 1 aliphatic rings. The van der Waals surface area contributed by atoms with Crippen LogP contribution < -0.4 is 10.1 Å². The van der Waals surface area contributed by atoms with Crippen LogP contribution in [0.5, 0.6) is 5.75 Å². The van der Waals surface area contributed by atoms with Gasteiger partial charge in [0.05, 0.1) is 11.8 Å². The third-order valence-corrected chi connectivity index (χ3v) is 4.33. The molecule has 1 saturated carbocycles. The first-order valence-electron chi connectivity index (χ1n) is 7.91. The lowest BCUT2D eigenvalue weighted by molar-refractivity contribution is 0.119.